The van der Waals surface area contributed by atoms with Gasteiger partial charge in [-0.05, 0) is 12.8 Å². The molecule has 0 aliphatic heterocycles. The van der Waals surface area contributed by atoms with Crippen LogP contribution in [0.3, 0.4) is 0 Å². The van der Waals surface area contributed by atoms with E-state index < -0.39 is 0 Å². The minimum absolute atomic E-state index is 0.125. The Morgan fingerprint density at radius 2 is 2.29 bits per heavy atom. The first-order valence-corrected chi connectivity index (χ1v) is 3.04. The molecule has 1 rings (SSSR count). The molecule has 1 aliphatic carbocycles. The van der Waals surface area contributed by atoms with Gasteiger partial charge in [0.1, 0.15) is 0 Å². The zero-order valence-corrected chi connectivity index (χ0v) is 5.36. The highest BCUT2D eigenvalue weighted by Gasteiger charge is 2.28. The summed E-state index contributed by atoms with van der Waals surface area (Å²) in [6.07, 6.45) is 2.13. The van der Waals surface area contributed by atoms with Crippen molar-refractivity contribution in [2.24, 2.45) is 5.92 Å². The number of hydrogen-bond donors (Lipinski definition) is 1. The molecule has 0 atom stereocenters. The Hall–Kier alpha value is -0.0500. The highest BCUT2D eigenvalue weighted by molar-refractivity contribution is 9.08. The summed E-state index contributed by atoms with van der Waals surface area (Å²) in [4.78, 5) is 10.4. The number of amides is 1. The van der Waals surface area contributed by atoms with Gasteiger partial charge in [0, 0.05) is 22.1 Å². The normalized spacial score (nSPS) is 19.0. The fourth-order valence-electron chi connectivity index (χ4n) is 0.423. The quantitative estimate of drug-likeness (QED) is 0.571. The van der Waals surface area contributed by atoms with Crippen LogP contribution in [0.1, 0.15) is 12.8 Å². The minimum Gasteiger partial charge on any atom is -0.292 e. The third-order valence-corrected chi connectivity index (χ3v) is 1.43. The van der Waals surface area contributed by atoms with Crippen LogP contribution in [0.25, 0.3) is 0 Å². The lowest BCUT2D eigenvalue weighted by Crippen LogP contribution is -2.12. The van der Waals surface area contributed by atoms with Crippen LogP contribution in [0, 0.1) is 5.92 Å². The van der Waals surface area contributed by atoms with Crippen LogP contribution in [-0.2, 0) is 4.79 Å². The van der Waals surface area contributed by atoms with Crippen LogP contribution in [0.5, 0.6) is 0 Å². The first-order chi connectivity index (χ1) is 3.34. The van der Waals surface area contributed by atoms with E-state index >= 15 is 0 Å². The minimum atomic E-state index is 0.125. The summed E-state index contributed by atoms with van der Waals surface area (Å²) in [5, 5.41) is 0. The van der Waals surface area contributed by atoms with E-state index in [0.717, 1.165) is 12.8 Å². The van der Waals surface area contributed by atoms with Crippen LogP contribution in [0.4, 0.5) is 0 Å². The van der Waals surface area contributed by atoms with Crippen molar-refractivity contribution in [3.05, 3.63) is 0 Å². The zero-order chi connectivity index (χ0) is 5.28. The van der Waals surface area contributed by atoms with Crippen LogP contribution < -0.4 is 4.34 Å². The Morgan fingerprint density at radius 3 is 2.43 bits per heavy atom. The maximum atomic E-state index is 10.4. The van der Waals surface area contributed by atoms with Crippen LogP contribution in [0.15, 0.2) is 0 Å². The Labute approximate surface area is 50.6 Å². The number of carbonyl (C=O) groups is 1. The second-order valence-corrected chi connectivity index (χ2v) is 2.13. The molecule has 40 valence electrons. The standard InChI is InChI=1S/C4H6BrNO/c5-6-4(7)3-1-2-3/h3H,1-2H2,(H,6,7). The van der Waals surface area contributed by atoms with Crippen molar-refractivity contribution in [2.75, 3.05) is 0 Å². The van der Waals surface area contributed by atoms with Crippen LogP contribution in [0.2, 0.25) is 0 Å². The smallest absolute Gasteiger partial charge is 0.232 e. The molecule has 1 aliphatic rings. The lowest BCUT2D eigenvalue weighted by atomic mass is 10.4. The molecule has 0 aromatic heterocycles. The second kappa shape index (κ2) is 1.82. The molecule has 1 amide bonds. The summed E-state index contributed by atoms with van der Waals surface area (Å²) in [6.45, 7) is 0. The lowest BCUT2D eigenvalue weighted by Gasteiger charge is -1.87. The van der Waals surface area contributed by atoms with Gasteiger partial charge in [-0.3, -0.25) is 9.14 Å². The van der Waals surface area contributed by atoms with Crippen molar-refractivity contribution < 1.29 is 4.79 Å². The van der Waals surface area contributed by atoms with Gasteiger partial charge in [0.25, 0.3) is 0 Å². The van der Waals surface area contributed by atoms with Gasteiger partial charge in [-0.15, -0.1) is 0 Å². The molecule has 2 nitrogen and oxygen atoms in total. The molecule has 0 aromatic carbocycles. The first kappa shape index (κ1) is 5.09. The van der Waals surface area contributed by atoms with Gasteiger partial charge in [-0.25, -0.2) is 0 Å². The summed E-state index contributed by atoms with van der Waals surface area (Å²) < 4.78 is 2.40. The van der Waals surface area contributed by atoms with E-state index in [1.165, 1.54) is 0 Å². The number of rotatable bonds is 1. The van der Waals surface area contributed by atoms with E-state index in [1.54, 1.807) is 0 Å². The van der Waals surface area contributed by atoms with E-state index in [1.807, 2.05) is 0 Å². The molecule has 0 spiro atoms. The van der Waals surface area contributed by atoms with E-state index in [-0.39, 0.29) is 5.91 Å². The van der Waals surface area contributed by atoms with Crippen molar-refractivity contribution >= 4 is 22.1 Å². The van der Waals surface area contributed by atoms with E-state index in [2.05, 4.69) is 20.5 Å². The van der Waals surface area contributed by atoms with Gasteiger partial charge < -0.3 is 0 Å². The SMILES string of the molecule is O=C(NBr)C1CC1. The highest BCUT2D eigenvalue weighted by atomic mass is 79.9. The van der Waals surface area contributed by atoms with Gasteiger partial charge in [-0.2, -0.15) is 0 Å². The molecule has 7 heavy (non-hydrogen) atoms. The first-order valence-electron chi connectivity index (χ1n) is 2.25. The van der Waals surface area contributed by atoms with Crippen molar-refractivity contribution in [3.8, 4) is 0 Å². The van der Waals surface area contributed by atoms with E-state index in [9.17, 15) is 4.79 Å². The topological polar surface area (TPSA) is 29.1 Å². The maximum absolute atomic E-state index is 10.4. The predicted octanol–water partition coefficient (Wildman–Crippen LogP) is 0.823. The van der Waals surface area contributed by atoms with E-state index in [4.69, 9.17) is 0 Å². The lowest BCUT2D eigenvalue weighted by molar-refractivity contribution is -0.120. The molecule has 1 fully saturated rings. The monoisotopic (exact) mass is 163 g/mol. The molecule has 0 bridgehead atoms. The Morgan fingerprint density at radius 1 is 1.71 bits per heavy atom. The van der Waals surface area contributed by atoms with Gasteiger partial charge in [-0.1, -0.05) is 0 Å². The molecule has 3 heteroatoms. The van der Waals surface area contributed by atoms with Crippen molar-refractivity contribution in [1.82, 2.24) is 4.34 Å². The molecular formula is C4H6BrNO. The second-order valence-electron chi connectivity index (χ2n) is 1.73. The van der Waals surface area contributed by atoms with Gasteiger partial charge in [0.2, 0.25) is 5.91 Å². The molecule has 0 radical (unpaired) electrons. The largest absolute Gasteiger partial charge is 0.292 e. The van der Waals surface area contributed by atoms with Crippen LogP contribution >= 0.6 is 16.1 Å². The number of hydrogen-bond acceptors (Lipinski definition) is 1. The molecule has 0 heterocycles. The van der Waals surface area contributed by atoms with Gasteiger partial charge in [0.05, 0.1) is 0 Å². The predicted molar refractivity (Wildman–Crippen MR) is 29.8 cm³/mol. The van der Waals surface area contributed by atoms with Crippen molar-refractivity contribution in [1.29, 1.82) is 0 Å². The van der Waals surface area contributed by atoms with Crippen LogP contribution in [-0.4, -0.2) is 5.91 Å². The average Bonchev–Trinajstić information content (AvgIpc) is 2.44. The van der Waals surface area contributed by atoms with Gasteiger partial charge >= 0.3 is 0 Å². The molecular weight excluding hydrogens is 158 g/mol. The third-order valence-electron chi connectivity index (χ3n) is 1.04. The molecule has 0 aromatic rings. The van der Waals surface area contributed by atoms with Gasteiger partial charge in [0.15, 0.2) is 0 Å². The average molecular weight is 164 g/mol. The fraction of sp³-hybridized carbons (Fsp3) is 0.750. The molecule has 0 unspecified atom stereocenters. The molecule has 0 saturated heterocycles. The third kappa shape index (κ3) is 1.16. The summed E-state index contributed by atoms with van der Waals surface area (Å²) in [7, 11) is 0. The number of halogens is 1. The Kier molecular flexibility index (Phi) is 1.32. The summed E-state index contributed by atoms with van der Waals surface area (Å²) in [5.74, 6) is 0.444. The van der Waals surface area contributed by atoms with Crippen molar-refractivity contribution in [3.63, 3.8) is 0 Å². The summed E-state index contributed by atoms with van der Waals surface area (Å²) in [5.41, 5.74) is 0. The molecule has 1 N–H and O–H groups in total. The highest BCUT2D eigenvalue weighted by Crippen LogP contribution is 2.28. The fourth-order valence-corrected chi connectivity index (χ4v) is 0.746. The number of nitrogens with one attached hydrogen (secondary N) is 1. The summed E-state index contributed by atoms with van der Waals surface area (Å²) >= 11 is 2.86. The molecule has 1 saturated carbocycles. The Bertz CT molecular complexity index is 89.7. The maximum Gasteiger partial charge on any atom is 0.232 e. The summed E-state index contributed by atoms with van der Waals surface area (Å²) in [6, 6.07) is 0. The Balaban J connectivity index is 2.24. The van der Waals surface area contributed by atoms with Crippen molar-refractivity contribution in [2.45, 2.75) is 12.8 Å². The number of carbonyl (C=O) groups excluding carboxylic acids is 1. The zero-order valence-electron chi connectivity index (χ0n) is 3.78. The van der Waals surface area contributed by atoms with E-state index in [0.29, 0.717) is 5.92 Å².